The third-order valence-corrected chi connectivity index (χ3v) is 1.81. The Morgan fingerprint density at radius 1 is 1.62 bits per heavy atom. The van der Waals surface area contributed by atoms with E-state index in [4.69, 9.17) is 10.00 Å². The minimum absolute atomic E-state index is 0.0846. The van der Waals surface area contributed by atoms with Crippen molar-refractivity contribution in [1.82, 2.24) is 0 Å². The van der Waals surface area contributed by atoms with Crippen LogP contribution >= 0.6 is 0 Å². The molecule has 1 aromatic rings. The topological polar surface area (TPSA) is 62.1 Å². The number of anilines is 1. The molecule has 0 aliphatic heterocycles. The highest BCUT2D eigenvalue weighted by atomic mass is 19.1. The van der Waals surface area contributed by atoms with E-state index < -0.39 is 5.82 Å². The monoisotopic (exact) mass is 222 g/mol. The molecule has 0 unspecified atom stereocenters. The van der Waals surface area contributed by atoms with E-state index >= 15 is 0 Å². The molecule has 0 radical (unpaired) electrons. The lowest BCUT2D eigenvalue weighted by Crippen LogP contribution is -2.18. The van der Waals surface area contributed by atoms with Gasteiger partial charge in [-0.2, -0.15) is 5.26 Å². The molecule has 1 N–H and O–H groups in total. The first-order chi connectivity index (χ1) is 7.67. The van der Waals surface area contributed by atoms with Crippen LogP contribution in [-0.4, -0.2) is 19.1 Å². The fraction of sp³-hybridized carbons (Fsp3) is 0.273. The standard InChI is InChI=1S/C11H11FN2O2/c1-2-16-7-11(15)14-10-4-3-9(12)5-8(10)6-13/h3-5H,2,7H2,1H3,(H,14,15). The van der Waals surface area contributed by atoms with Crippen LogP contribution in [0.3, 0.4) is 0 Å². The predicted molar refractivity (Wildman–Crippen MR) is 56.2 cm³/mol. The number of nitriles is 1. The molecule has 4 nitrogen and oxygen atoms in total. The SMILES string of the molecule is CCOCC(=O)Nc1ccc(F)cc1C#N. The van der Waals surface area contributed by atoms with Gasteiger partial charge in [0.1, 0.15) is 18.5 Å². The zero-order valence-corrected chi connectivity index (χ0v) is 8.79. The van der Waals surface area contributed by atoms with Crippen LogP contribution in [0.25, 0.3) is 0 Å². The molecule has 0 saturated carbocycles. The van der Waals surface area contributed by atoms with Crippen molar-refractivity contribution in [2.75, 3.05) is 18.5 Å². The van der Waals surface area contributed by atoms with Crippen molar-refractivity contribution in [3.05, 3.63) is 29.6 Å². The number of amides is 1. The van der Waals surface area contributed by atoms with Gasteiger partial charge < -0.3 is 10.1 Å². The second kappa shape index (κ2) is 5.83. The Labute approximate surface area is 92.6 Å². The summed E-state index contributed by atoms with van der Waals surface area (Å²) in [5, 5.41) is 11.2. The minimum atomic E-state index is -0.514. The van der Waals surface area contributed by atoms with Gasteiger partial charge in [-0.3, -0.25) is 4.79 Å². The Morgan fingerprint density at radius 2 is 2.38 bits per heavy atom. The van der Waals surface area contributed by atoms with Crippen LogP contribution in [0, 0.1) is 17.1 Å². The number of nitrogens with one attached hydrogen (secondary N) is 1. The number of ether oxygens (including phenoxy) is 1. The molecule has 0 aliphatic rings. The fourth-order valence-electron chi connectivity index (χ4n) is 1.10. The summed E-state index contributed by atoms with van der Waals surface area (Å²) in [6.07, 6.45) is 0. The lowest BCUT2D eigenvalue weighted by atomic mass is 10.2. The largest absolute Gasteiger partial charge is 0.372 e. The first kappa shape index (κ1) is 12.1. The highest BCUT2D eigenvalue weighted by Crippen LogP contribution is 2.15. The van der Waals surface area contributed by atoms with E-state index in [9.17, 15) is 9.18 Å². The molecule has 0 heterocycles. The number of hydrogen-bond donors (Lipinski definition) is 1. The third-order valence-electron chi connectivity index (χ3n) is 1.81. The van der Waals surface area contributed by atoms with Gasteiger partial charge in [-0.05, 0) is 25.1 Å². The van der Waals surface area contributed by atoms with E-state index in [1.807, 2.05) is 0 Å². The predicted octanol–water partition coefficient (Wildman–Crippen LogP) is 1.67. The summed E-state index contributed by atoms with van der Waals surface area (Å²) in [7, 11) is 0. The quantitative estimate of drug-likeness (QED) is 0.842. The van der Waals surface area contributed by atoms with Crippen molar-refractivity contribution in [2.45, 2.75) is 6.92 Å². The third kappa shape index (κ3) is 3.33. The van der Waals surface area contributed by atoms with Crippen molar-refractivity contribution in [1.29, 1.82) is 5.26 Å². The van der Waals surface area contributed by atoms with Gasteiger partial charge in [0.15, 0.2) is 0 Å². The van der Waals surface area contributed by atoms with E-state index in [1.165, 1.54) is 12.1 Å². The molecule has 0 aliphatic carbocycles. The number of rotatable bonds is 4. The second-order valence-corrected chi connectivity index (χ2v) is 2.99. The molecule has 0 atom stereocenters. The maximum absolute atomic E-state index is 12.8. The Bertz CT molecular complexity index is 426. The lowest BCUT2D eigenvalue weighted by molar-refractivity contribution is -0.120. The number of benzene rings is 1. The first-order valence-corrected chi connectivity index (χ1v) is 4.74. The molecular formula is C11H11FN2O2. The van der Waals surface area contributed by atoms with Gasteiger partial charge in [0.2, 0.25) is 5.91 Å². The summed E-state index contributed by atoms with van der Waals surface area (Å²) < 4.78 is 17.7. The van der Waals surface area contributed by atoms with Crippen LogP contribution in [0.15, 0.2) is 18.2 Å². The van der Waals surface area contributed by atoms with Gasteiger partial charge in [-0.25, -0.2) is 4.39 Å². The van der Waals surface area contributed by atoms with Gasteiger partial charge in [0.25, 0.3) is 0 Å². The Kier molecular flexibility index (Phi) is 4.42. The molecular weight excluding hydrogens is 211 g/mol. The first-order valence-electron chi connectivity index (χ1n) is 4.74. The molecule has 0 fully saturated rings. The van der Waals surface area contributed by atoms with Crippen LogP contribution in [0.1, 0.15) is 12.5 Å². The molecule has 84 valence electrons. The molecule has 0 spiro atoms. The number of carbonyl (C=O) groups is 1. The summed E-state index contributed by atoms with van der Waals surface area (Å²) in [6.45, 7) is 2.12. The second-order valence-electron chi connectivity index (χ2n) is 2.99. The van der Waals surface area contributed by atoms with Crippen LogP contribution in [-0.2, 0) is 9.53 Å². The molecule has 1 rings (SSSR count). The Hall–Kier alpha value is -1.93. The highest BCUT2D eigenvalue weighted by molar-refractivity contribution is 5.92. The van der Waals surface area contributed by atoms with Gasteiger partial charge in [0, 0.05) is 6.61 Å². The van der Waals surface area contributed by atoms with Gasteiger partial charge in [-0.15, -0.1) is 0 Å². The molecule has 5 heteroatoms. The van der Waals surface area contributed by atoms with Crippen LogP contribution in [0.2, 0.25) is 0 Å². The van der Waals surface area contributed by atoms with Crippen molar-refractivity contribution in [2.24, 2.45) is 0 Å². The summed E-state index contributed by atoms with van der Waals surface area (Å²) in [5.41, 5.74) is 0.374. The molecule has 0 saturated heterocycles. The lowest BCUT2D eigenvalue weighted by Gasteiger charge is -2.06. The maximum Gasteiger partial charge on any atom is 0.250 e. The number of nitrogens with zero attached hydrogens (tertiary/aromatic N) is 1. The summed E-state index contributed by atoms with van der Waals surface area (Å²) in [5.74, 6) is -0.885. The van der Waals surface area contributed by atoms with Gasteiger partial charge in [0.05, 0.1) is 11.3 Å². The highest BCUT2D eigenvalue weighted by Gasteiger charge is 2.07. The minimum Gasteiger partial charge on any atom is -0.372 e. The maximum atomic E-state index is 12.8. The molecule has 0 aromatic heterocycles. The summed E-state index contributed by atoms with van der Waals surface area (Å²) in [6, 6.07) is 5.39. The van der Waals surface area contributed by atoms with Crippen molar-refractivity contribution in [3.8, 4) is 6.07 Å². The van der Waals surface area contributed by atoms with E-state index in [0.717, 1.165) is 6.07 Å². The van der Waals surface area contributed by atoms with Crippen molar-refractivity contribution < 1.29 is 13.9 Å². The van der Waals surface area contributed by atoms with Crippen molar-refractivity contribution >= 4 is 11.6 Å². The molecule has 1 aromatic carbocycles. The zero-order valence-electron chi connectivity index (χ0n) is 8.79. The van der Waals surface area contributed by atoms with Crippen molar-refractivity contribution in [3.63, 3.8) is 0 Å². The van der Waals surface area contributed by atoms with Crippen LogP contribution in [0.5, 0.6) is 0 Å². The van der Waals surface area contributed by atoms with Crippen LogP contribution in [0.4, 0.5) is 10.1 Å². The van der Waals surface area contributed by atoms with E-state index in [-0.39, 0.29) is 23.8 Å². The van der Waals surface area contributed by atoms with Crippen LogP contribution < -0.4 is 5.32 Å². The van der Waals surface area contributed by atoms with Gasteiger partial charge in [-0.1, -0.05) is 0 Å². The Morgan fingerprint density at radius 3 is 3.00 bits per heavy atom. The fourth-order valence-corrected chi connectivity index (χ4v) is 1.10. The average Bonchev–Trinajstić information content (AvgIpc) is 2.28. The van der Waals surface area contributed by atoms with E-state index in [0.29, 0.717) is 6.61 Å². The average molecular weight is 222 g/mol. The summed E-state index contributed by atoms with van der Waals surface area (Å²) >= 11 is 0. The number of halogens is 1. The molecule has 16 heavy (non-hydrogen) atoms. The molecule has 1 amide bonds. The summed E-state index contributed by atoms with van der Waals surface area (Å²) in [4.78, 5) is 11.3. The number of carbonyl (C=O) groups excluding carboxylic acids is 1. The van der Waals surface area contributed by atoms with Gasteiger partial charge >= 0.3 is 0 Å². The number of hydrogen-bond acceptors (Lipinski definition) is 3. The smallest absolute Gasteiger partial charge is 0.250 e. The van der Waals surface area contributed by atoms with E-state index in [2.05, 4.69) is 5.32 Å². The zero-order chi connectivity index (χ0) is 12.0. The molecule has 0 bridgehead atoms. The van der Waals surface area contributed by atoms with E-state index in [1.54, 1.807) is 13.0 Å². The Balaban J connectivity index is 2.74. The normalized spacial score (nSPS) is 9.56.